The minimum absolute atomic E-state index is 0.298. The lowest BCUT2D eigenvalue weighted by atomic mass is 9.93. The molecule has 0 aliphatic rings. The number of pyridine rings is 1. The van der Waals surface area contributed by atoms with E-state index in [1.165, 1.54) is 10.4 Å². The van der Waals surface area contributed by atoms with Gasteiger partial charge in [-0.25, -0.2) is 4.57 Å². The van der Waals surface area contributed by atoms with Gasteiger partial charge in [-0.2, -0.15) is 13.2 Å². The van der Waals surface area contributed by atoms with E-state index in [1.807, 2.05) is 37.7 Å². The molecule has 0 fully saturated rings. The lowest BCUT2D eigenvalue weighted by Crippen LogP contribution is -2.52. The van der Waals surface area contributed by atoms with E-state index >= 15 is 0 Å². The number of nitrogens with zero attached hydrogens (tertiary/aromatic N) is 1. The number of aryl methyl sites for hydroxylation is 2. The van der Waals surface area contributed by atoms with Gasteiger partial charge in [-0.15, -0.1) is 0 Å². The van der Waals surface area contributed by atoms with E-state index in [4.69, 9.17) is 0 Å². The van der Waals surface area contributed by atoms with Crippen LogP contribution >= 0.6 is 0 Å². The Bertz CT molecular complexity index is 1320. The molecule has 0 saturated heterocycles. The van der Waals surface area contributed by atoms with Gasteiger partial charge in [-0.05, 0) is 48.1 Å². The molecule has 0 bridgehead atoms. The summed E-state index contributed by atoms with van der Waals surface area (Å²) in [6.07, 6.45) is -3.15. The van der Waals surface area contributed by atoms with Crippen LogP contribution in [0.5, 0.6) is 0 Å². The summed E-state index contributed by atoms with van der Waals surface area (Å²) in [6, 6.07) is 22.7. The van der Waals surface area contributed by atoms with Gasteiger partial charge in [0.1, 0.15) is 15.1 Å². The number of fused-ring (bicyclic) bond motifs is 1. The highest BCUT2D eigenvalue weighted by molar-refractivity contribution is 7.00. The van der Waals surface area contributed by atoms with Crippen molar-refractivity contribution in [1.29, 1.82) is 0 Å². The molecule has 0 aliphatic carbocycles. The van der Waals surface area contributed by atoms with E-state index in [2.05, 4.69) is 61.6 Å². The Kier molecular flexibility index (Phi) is 5.95. The fourth-order valence-electron chi connectivity index (χ4n) is 4.63. The molecule has 0 N–H and O–H groups in total. The zero-order valence-electron chi connectivity index (χ0n) is 19.7. The van der Waals surface area contributed by atoms with Crippen LogP contribution in [0.1, 0.15) is 16.7 Å². The predicted octanol–water partition coefficient (Wildman–Crippen LogP) is 5.88. The summed E-state index contributed by atoms with van der Waals surface area (Å²) in [5.41, 5.74) is 3.98. The maximum absolute atomic E-state index is 13.1. The molecule has 0 amide bonds. The molecule has 4 rings (SSSR count). The predicted molar refractivity (Wildman–Crippen MR) is 133 cm³/mol. The Balaban J connectivity index is 1.89. The van der Waals surface area contributed by atoms with Crippen molar-refractivity contribution >= 4 is 29.2 Å². The van der Waals surface area contributed by atoms with Crippen LogP contribution in [-0.4, -0.2) is 14.3 Å². The highest BCUT2D eigenvalue weighted by atomic mass is 28.3. The van der Waals surface area contributed by atoms with Gasteiger partial charge in [0.05, 0.1) is 17.4 Å². The lowest BCUT2D eigenvalue weighted by molar-refractivity contribution is -0.659. The maximum atomic E-state index is 13.1. The molecular formula is C28H29F3NSi+. The quantitative estimate of drug-likeness (QED) is 0.262. The van der Waals surface area contributed by atoms with Crippen molar-refractivity contribution < 1.29 is 17.7 Å². The normalized spacial score (nSPS) is 12.4. The summed E-state index contributed by atoms with van der Waals surface area (Å²) in [7, 11) is 0.0845. The second-order valence-electron chi connectivity index (χ2n) is 9.45. The molecule has 1 aromatic heterocycles. The van der Waals surface area contributed by atoms with Crippen LogP contribution in [0, 0.1) is 13.8 Å². The van der Waals surface area contributed by atoms with Crippen LogP contribution in [0.2, 0.25) is 13.1 Å². The Labute approximate surface area is 194 Å². The van der Waals surface area contributed by atoms with Crippen LogP contribution in [0.3, 0.4) is 0 Å². The smallest absolute Gasteiger partial charge is 0.200 e. The molecule has 0 atom stereocenters. The summed E-state index contributed by atoms with van der Waals surface area (Å²) in [4.78, 5) is 0. The van der Waals surface area contributed by atoms with Crippen molar-refractivity contribution in [2.75, 3.05) is 0 Å². The van der Waals surface area contributed by atoms with Gasteiger partial charge >= 0.3 is 6.18 Å². The Morgan fingerprint density at radius 1 is 0.848 bits per heavy atom. The second kappa shape index (κ2) is 8.45. The molecule has 170 valence electrons. The van der Waals surface area contributed by atoms with E-state index in [0.717, 1.165) is 33.2 Å². The first-order valence-electron chi connectivity index (χ1n) is 11.1. The second-order valence-corrected chi connectivity index (χ2v) is 13.9. The molecule has 0 radical (unpaired) electrons. The molecule has 33 heavy (non-hydrogen) atoms. The topological polar surface area (TPSA) is 3.88 Å². The Morgan fingerprint density at radius 2 is 1.55 bits per heavy atom. The van der Waals surface area contributed by atoms with Gasteiger partial charge in [0.2, 0.25) is 5.69 Å². The molecule has 1 nitrogen and oxygen atoms in total. The largest absolute Gasteiger partial charge is 0.393 e. The zero-order chi connectivity index (χ0) is 24.0. The highest BCUT2D eigenvalue weighted by Crippen LogP contribution is 2.32. The summed E-state index contributed by atoms with van der Waals surface area (Å²) < 4.78 is 41.4. The molecule has 0 spiro atoms. The van der Waals surface area contributed by atoms with Crippen molar-refractivity contribution in [2.24, 2.45) is 7.05 Å². The summed E-state index contributed by atoms with van der Waals surface area (Å²) in [6.45, 7) is 8.57. The standard InChI is InChI=1S/C28H29F3NSi/c1-19-15-21(18-28(29,30)31)16-26(20(19)2)27-25-12-11-24(17-22(25)13-14-32(27)3)33(4,5)23-9-7-6-8-10-23/h6-17H,18H2,1-5H3/q+1. The molecule has 4 aromatic rings. The lowest BCUT2D eigenvalue weighted by Gasteiger charge is -2.24. The van der Waals surface area contributed by atoms with Crippen LogP contribution in [0.25, 0.3) is 22.0 Å². The summed E-state index contributed by atoms with van der Waals surface area (Å²) in [5.74, 6) is 0. The van der Waals surface area contributed by atoms with Crippen molar-refractivity contribution in [2.45, 2.75) is 39.5 Å². The minimum atomic E-state index is -4.23. The van der Waals surface area contributed by atoms with Crippen molar-refractivity contribution in [3.63, 3.8) is 0 Å². The monoisotopic (exact) mass is 464 g/mol. The third-order valence-electron chi connectivity index (χ3n) is 6.74. The number of halogens is 3. The zero-order valence-corrected chi connectivity index (χ0v) is 20.7. The van der Waals surface area contributed by atoms with Gasteiger partial charge in [-0.1, -0.05) is 72.0 Å². The SMILES string of the molecule is Cc1cc(CC(F)(F)F)cc(-c2c3ccc([Si](C)(C)c4ccccc4)cc3cc[n+]2C)c1C. The number of aromatic nitrogens is 1. The number of benzene rings is 3. The van der Waals surface area contributed by atoms with Crippen molar-refractivity contribution in [1.82, 2.24) is 0 Å². The first kappa shape index (κ1) is 23.2. The average Bonchev–Trinajstić information content (AvgIpc) is 2.75. The average molecular weight is 465 g/mol. The number of alkyl halides is 3. The first-order chi connectivity index (χ1) is 15.5. The third-order valence-corrected chi connectivity index (χ3v) is 10.3. The van der Waals surface area contributed by atoms with Crippen LogP contribution < -0.4 is 14.9 Å². The van der Waals surface area contributed by atoms with Crippen molar-refractivity contribution in [3.8, 4) is 11.3 Å². The fourth-order valence-corrected chi connectivity index (χ4v) is 7.01. The maximum Gasteiger partial charge on any atom is 0.393 e. The highest BCUT2D eigenvalue weighted by Gasteiger charge is 2.30. The molecular weight excluding hydrogens is 435 g/mol. The van der Waals surface area contributed by atoms with E-state index in [0.29, 0.717) is 5.56 Å². The number of rotatable bonds is 4. The molecule has 0 aliphatic heterocycles. The summed E-state index contributed by atoms with van der Waals surface area (Å²) >= 11 is 0. The molecule has 3 aromatic carbocycles. The molecule has 1 heterocycles. The number of hydrogen-bond donors (Lipinski definition) is 0. The van der Waals surface area contributed by atoms with Crippen LogP contribution in [-0.2, 0) is 13.5 Å². The fraction of sp³-hybridized carbons (Fsp3) is 0.250. The molecule has 0 unspecified atom stereocenters. The van der Waals surface area contributed by atoms with Gasteiger partial charge in [0, 0.05) is 6.07 Å². The van der Waals surface area contributed by atoms with Gasteiger partial charge < -0.3 is 0 Å². The number of hydrogen-bond acceptors (Lipinski definition) is 0. The van der Waals surface area contributed by atoms with Gasteiger partial charge in [0.15, 0.2) is 6.20 Å². The van der Waals surface area contributed by atoms with E-state index in [1.54, 1.807) is 12.1 Å². The van der Waals surface area contributed by atoms with Gasteiger partial charge in [-0.3, -0.25) is 0 Å². The first-order valence-corrected chi connectivity index (χ1v) is 14.1. The van der Waals surface area contributed by atoms with E-state index in [9.17, 15) is 13.2 Å². The summed E-state index contributed by atoms with van der Waals surface area (Å²) in [5, 5.41) is 4.86. The van der Waals surface area contributed by atoms with E-state index < -0.39 is 20.7 Å². The van der Waals surface area contributed by atoms with Gasteiger partial charge in [0.25, 0.3) is 0 Å². The van der Waals surface area contributed by atoms with E-state index in [-0.39, 0.29) is 0 Å². The Hall–Kier alpha value is -2.92. The minimum Gasteiger partial charge on any atom is -0.200 e. The van der Waals surface area contributed by atoms with Crippen molar-refractivity contribution in [3.05, 3.63) is 89.6 Å². The molecule has 0 saturated carbocycles. The van der Waals surface area contributed by atoms with Crippen LogP contribution in [0.15, 0.2) is 72.9 Å². The van der Waals surface area contributed by atoms with Crippen LogP contribution in [0.4, 0.5) is 13.2 Å². The molecule has 5 heteroatoms. The Morgan fingerprint density at radius 3 is 2.21 bits per heavy atom. The third kappa shape index (κ3) is 4.60.